The summed E-state index contributed by atoms with van der Waals surface area (Å²) < 4.78 is 41.0. The van der Waals surface area contributed by atoms with Crippen molar-refractivity contribution < 1.29 is 17.6 Å². The summed E-state index contributed by atoms with van der Waals surface area (Å²) >= 11 is 1.46. The molecule has 2 aromatic rings. The summed E-state index contributed by atoms with van der Waals surface area (Å²) in [5, 5.41) is 2.93. The number of nitrogens with one attached hydrogen (secondary N) is 2. The first-order chi connectivity index (χ1) is 12.9. The highest BCUT2D eigenvalue weighted by Crippen LogP contribution is 2.37. The monoisotopic (exact) mass is 406 g/mol. The van der Waals surface area contributed by atoms with E-state index in [1.807, 2.05) is 6.07 Å². The Morgan fingerprint density at radius 1 is 1.07 bits per heavy atom. The molecule has 1 unspecified atom stereocenters. The third-order valence-electron chi connectivity index (χ3n) is 4.66. The highest BCUT2D eigenvalue weighted by Gasteiger charge is 2.28. The quantitative estimate of drug-likeness (QED) is 0.799. The second-order valence-corrected chi connectivity index (χ2v) is 9.56. The Morgan fingerprint density at radius 2 is 1.81 bits per heavy atom. The number of sulfonamides is 1. The van der Waals surface area contributed by atoms with E-state index in [-0.39, 0.29) is 28.7 Å². The van der Waals surface area contributed by atoms with Crippen LogP contribution in [-0.4, -0.2) is 26.1 Å². The largest absolute Gasteiger partial charge is 0.345 e. The lowest BCUT2D eigenvalue weighted by Crippen LogP contribution is -2.31. The summed E-state index contributed by atoms with van der Waals surface area (Å²) in [6.07, 6.45) is 2.44. The lowest BCUT2D eigenvalue weighted by atomic mass is 10.0. The maximum absolute atomic E-state index is 14.0. The molecular weight excluding hydrogens is 387 g/mol. The van der Waals surface area contributed by atoms with E-state index >= 15 is 0 Å². The molecule has 1 atom stereocenters. The Kier molecular flexibility index (Phi) is 4.96. The van der Waals surface area contributed by atoms with Gasteiger partial charge in [0.25, 0.3) is 5.91 Å². The topological polar surface area (TPSA) is 75.3 Å². The average molecular weight is 407 g/mol. The average Bonchev–Trinajstić information content (AvgIpc) is 3.46. The van der Waals surface area contributed by atoms with Crippen molar-refractivity contribution in [2.45, 2.75) is 41.1 Å². The van der Waals surface area contributed by atoms with E-state index in [9.17, 15) is 17.6 Å². The van der Waals surface area contributed by atoms with Crippen molar-refractivity contribution in [1.29, 1.82) is 0 Å². The molecule has 1 amide bonds. The molecule has 1 saturated carbocycles. The van der Waals surface area contributed by atoms with E-state index in [4.69, 9.17) is 0 Å². The molecule has 1 fully saturated rings. The Balaban J connectivity index is 1.49. The van der Waals surface area contributed by atoms with Crippen LogP contribution in [0.25, 0.3) is 0 Å². The number of carbonyl (C=O) groups is 1. The van der Waals surface area contributed by atoms with Crippen LogP contribution in [0.5, 0.6) is 0 Å². The summed E-state index contributed by atoms with van der Waals surface area (Å²) in [7, 11) is -3.54. The van der Waals surface area contributed by atoms with Gasteiger partial charge in [-0.1, -0.05) is 12.1 Å². The molecule has 2 aromatic carbocycles. The lowest BCUT2D eigenvalue weighted by Gasteiger charge is -2.26. The van der Waals surface area contributed by atoms with E-state index in [2.05, 4.69) is 10.0 Å². The summed E-state index contributed by atoms with van der Waals surface area (Å²) in [4.78, 5) is 13.3. The smallest absolute Gasteiger partial charge is 0.251 e. The molecule has 5 nitrogen and oxygen atoms in total. The molecule has 0 radical (unpaired) electrons. The number of hydrogen-bond acceptors (Lipinski definition) is 4. The molecule has 0 bridgehead atoms. The number of rotatable bonds is 5. The number of amides is 1. The second kappa shape index (κ2) is 7.26. The fourth-order valence-corrected chi connectivity index (χ4v) is 5.50. The normalized spacial score (nSPS) is 19.4. The van der Waals surface area contributed by atoms with Gasteiger partial charge in [-0.2, -0.15) is 0 Å². The summed E-state index contributed by atoms with van der Waals surface area (Å²) in [5.74, 6) is 0.151. The van der Waals surface area contributed by atoms with Gasteiger partial charge in [0.05, 0.1) is 10.9 Å². The van der Waals surface area contributed by atoms with Crippen LogP contribution in [0.1, 0.15) is 41.2 Å². The maximum Gasteiger partial charge on any atom is 0.251 e. The van der Waals surface area contributed by atoms with Gasteiger partial charge in [-0.05, 0) is 55.2 Å². The molecule has 2 aliphatic rings. The first kappa shape index (κ1) is 18.5. The van der Waals surface area contributed by atoms with Crippen LogP contribution in [-0.2, 0) is 10.0 Å². The molecule has 142 valence electrons. The van der Waals surface area contributed by atoms with Crippen LogP contribution < -0.4 is 10.0 Å². The molecule has 4 rings (SSSR count). The Bertz CT molecular complexity index is 973. The summed E-state index contributed by atoms with van der Waals surface area (Å²) in [5.41, 5.74) is 1.16. The highest BCUT2D eigenvalue weighted by atomic mass is 32.2. The van der Waals surface area contributed by atoms with Gasteiger partial charge in [0, 0.05) is 22.3 Å². The molecule has 2 N–H and O–H groups in total. The zero-order chi connectivity index (χ0) is 19.0. The van der Waals surface area contributed by atoms with Gasteiger partial charge in [0.2, 0.25) is 10.0 Å². The minimum absolute atomic E-state index is 0.0302. The summed E-state index contributed by atoms with van der Waals surface area (Å²) in [6, 6.07) is 10.5. The van der Waals surface area contributed by atoms with Crippen LogP contribution in [0, 0.1) is 5.82 Å². The van der Waals surface area contributed by atoms with Crippen LogP contribution in [0.2, 0.25) is 0 Å². The number of halogens is 1. The van der Waals surface area contributed by atoms with Gasteiger partial charge in [-0.3, -0.25) is 4.79 Å². The van der Waals surface area contributed by atoms with Crippen molar-refractivity contribution in [1.82, 2.24) is 10.0 Å². The first-order valence-electron chi connectivity index (χ1n) is 8.78. The maximum atomic E-state index is 14.0. The summed E-state index contributed by atoms with van der Waals surface area (Å²) in [6.45, 7) is 0. The van der Waals surface area contributed by atoms with E-state index < -0.39 is 10.0 Å². The van der Waals surface area contributed by atoms with Crippen molar-refractivity contribution in [2.24, 2.45) is 0 Å². The van der Waals surface area contributed by atoms with Gasteiger partial charge in [0.15, 0.2) is 0 Å². The number of fused-ring (bicyclic) bond motifs is 1. The van der Waals surface area contributed by atoms with Crippen LogP contribution in [0.15, 0.2) is 52.3 Å². The van der Waals surface area contributed by atoms with Gasteiger partial charge in [-0.15, -0.1) is 11.8 Å². The van der Waals surface area contributed by atoms with Crippen molar-refractivity contribution in [3.05, 3.63) is 59.4 Å². The van der Waals surface area contributed by atoms with Crippen LogP contribution in [0.3, 0.4) is 0 Å². The van der Waals surface area contributed by atoms with E-state index in [1.54, 1.807) is 6.07 Å². The Labute approximate surface area is 161 Å². The molecule has 1 aliphatic heterocycles. The van der Waals surface area contributed by atoms with Crippen molar-refractivity contribution in [3.63, 3.8) is 0 Å². The van der Waals surface area contributed by atoms with Crippen molar-refractivity contribution >= 4 is 27.7 Å². The van der Waals surface area contributed by atoms with E-state index in [0.717, 1.165) is 24.2 Å². The third kappa shape index (κ3) is 4.02. The van der Waals surface area contributed by atoms with E-state index in [1.165, 1.54) is 42.1 Å². The minimum atomic E-state index is -3.54. The lowest BCUT2D eigenvalue weighted by molar-refractivity contribution is 0.0934. The molecule has 0 aromatic heterocycles. The predicted molar refractivity (Wildman–Crippen MR) is 102 cm³/mol. The highest BCUT2D eigenvalue weighted by molar-refractivity contribution is 7.99. The zero-order valence-electron chi connectivity index (χ0n) is 14.4. The van der Waals surface area contributed by atoms with Crippen molar-refractivity contribution in [3.8, 4) is 0 Å². The van der Waals surface area contributed by atoms with Gasteiger partial charge in [-0.25, -0.2) is 17.5 Å². The van der Waals surface area contributed by atoms with Gasteiger partial charge in [0.1, 0.15) is 5.82 Å². The molecule has 27 heavy (non-hydrogen) atoms. The van der Waals surface area contributed by atoms with Gasteiger partial charge < -0.3 is 5.32 Å². The number of hydrogen-bond donors (Lipinski definition) is 2. The number of benzene rings is 2. The van der Waals surface area contributed by atoms with Crippen molar-refractivity contribution in [2.75, 3.05) is 5.75 Å². The first-order valence-corrected chi connectivity index (χ1v) is 11.3. The fourth-order valence-electron chi connectivity index (χ4n) is 3.05. The van der Waals surface area contributed by atoms with Gasteiger partial charge >= 0.3 is 0 Å². The molecule has 1 heterocycles. The minimum Gasteiger partial charge on any atom is -0.345 e. The van der Waals surface area contributed by atoms with E-state index in [0.29, 0.717) is 16.9 Å². The van der Waals surface area contributed by atoms with Crippen LogP contribution >= 0.6 is 11.8 Å². The zero-order valence-corrected chi connectivity index (χ0v) is 16.1. The third-order valence-corrected chi connectivity index (χ3v) is 7.35. The SMILES string of the molecule is O=C(NC1CCSc2c(F)cccc21)c1ccc(S(=O)(=O)NC2CC2)cc1. The second-order valence-electron chi connectivity index (χ2n) is 6.74. The molecule has 0 spiro atoms. The predicted octanol–water partition coefficient (Wildman–Crippen LogP) is 3.23. The Morgan fingerprint density at radius 3 is 2.52 bits per heavy atom. The molecule has 0 saturated heterocycles. The number of carbonyl (C=O) groups excluding carboxylic acids is 1. The Hall–Kier alpha value is -1.90. The molecule has 1 aliphatic carbocycles. The fraction of sp³-hybridized carbons (Fsp3) is 0.316. The number of thioether (sulfide) groups is 1. The molecular formula is C19H19FN2O3S2. The standard InChI is InChI=1S/C19H19FN2O3S2/c20-16-3-1-2-15-17(10-11-26-18(15)16)21-19(23)12-4-8-14(9-5-12)27(24,25)22-13-6-7-13/h1-5,8-9,13,17,22H,6-7,10-11H2,(H,21,23). The van der Waals surface area contributed by atoms with Crippen LogP contribution in [0.4, 0.5) is 4.39 Å². The molecule has 8 heteroatoms.